The summed E-state index contributed by atoms with van der Waals surface area (Å²) in [7, 11) is 0. The van der Waals surface area contributed by atoms with Gasteiger partial charge in [0.05, 0.1) is 4.92 Å². The summed E-state index contributed by atoms with van der Waals surface area (Å²) in [6.45, 7) is 6.08. The van der Waals surface area contributed by atoms with Gasteiger partial charge in [-0.3, -0.25) is 19.9 Å². The summed E-state index contributed by atoms with van der Waals surface area (Å²) < 4.78 is 0. The number of rotatable bonds is 10. The number of aliphatic imine (C=N–C) groups is 1. The molecule has 3 N–H and O–H groups in total. The smallest absolute Gasteiger partial charge is 0.292 e. The van der Waals surface area contributed by atoms with Crippen molar-refractivity contribution in [3.05, 3.63) is 34.4 Å². The Bertz CT molecular complexity index is 664. The zero-order valence-electron chi connectivity index (χ0n) is 15.7. The van der Waals surface area contributed by atoms with Gasteiger partial charge in [0.2, 0.25) is 5.91 Å². The number of anilines is 1. The molecule has 148 valence electrons. The van der Waals surface area contributed by atoms with E-state index >= 15 is 0 Å². The van der Waals surface area contributed by atoms with Gasteiger partial charge in [-0.15, -0.1) is 0 Å². The van der Waals surface area contributed by atoms with Crippen LogP contribution in [0.25, 0.3) is 0 Å². The number of carbonyl (C=O) groups excluding carboxylic acids is 1. The Hall–Kier alpha value is -2.84. The molecule has 1 aromatic rings. The molecule has 27 heavy (non-hydrogen) atoms. The van der Waals surface area contributed by atoms with Crippen LogP contribution in [0.3, 0.4) is 0 Å². The molecule has 1 saturated heterocycles. The molecule has 0 spiro atoms. The van der Waals surface area contributed by atoms with Crippen LogP contribution in [0.5, 0.6) is 0 Å². The topological polar surface area (TPSA) is 112 Å². The van der Waals surface area contributed by atoms with Crippen LogP contribution < -0.4 is 16.0 Å². The molecular weight excluding hydrogens is 348 g/mol. The number of amides is 1. The standard InChI is InChI=1S/C18H28N6O3/c1-2-19-18(21-10-6-14-23-13-5-9-17(23)25)22-12-11-20-15-7-3-4-8-16(15)24(26)27/h3-4,7-8,20H,2,5-6,9-14H2,1H3,(H2,19,21,22). The Morgan fingerprint density at radius 3 is 2.81 bits per heavy atom. The highest BCUT2D eigenvalue weighted by molar-refractivity contribution is 5.80. The Morgan fingerprint density at radius 2 is 2.11 bits per heavy atom. The molecule has 1 aromatic carbocycles. The second-order valence-electron chi connectivity index (χ2n) is 6.23. The van der Waals surface area contributed by atoms with Gasteiger partial charge in [-0.1, -0.05) is 12.1 Å². The maximum absolute atomic E-state index is 11.6. The van der Waals surface area contributed by atoms with Crippen molar-refractivity contribution in [1.82, 2.24) is 15.5 Å². The van der Waals surface area contributed by atoms with Crippen LogP contribution in [-0.4, -0.2) is 61.0 Å². The highest BCUT2D eigenvalue weighted by atomic mass is 16.6. The molecule has 1 heterocycles. The summed E-state index contributed by atoms with van der Waals surface area (Å²) in [6, 6.07) is 6.58. The van der Waals surface area contributed by atoms with Crippen LogP contribution in [0, 0.1) is 10.1 Å². The van der Waals surface area contributed by atoms with Crippen LogP contribution in [0.2, 0.25) is 0 Å². The number of hydrogen-bond donors (Lipinski definition) is 3. The van der Waals surface area contributed by atoms with Gasteiger partial charge in [0, 0.05) is 51.8 Å². The van der Waals surface area contributed by atoms with E-state index in [1.54, 1.807) is 18.2 Å². The van der Waals surface area contributed by atoms with Crippen LogP contribution in [0.1, 0.15) is 26.2 Å². The normalized spacial score (nSPS) is 14.3. The summed E-state index contributed by atoms with van der Waals surface area (Å²) >= 11 is 0. The van der Waals surface area contributed by atoms with E-state index < -0.39 is 4.92 Å². The summed E-state index contributed by atoms with van der Waals surface area (Å²) in [4.78, 5) is 28.6. The molecular formula is C18H28N6O3. The van der Waals surface area contributed by atoms with E-state index in [4.69, 9.17) is 0 Å². The predicted molar refractivity (Wildman–Crippen MR) is 106 cm³/mol. The first-order chi connectivity index (χ1) is 13.1. The van der Waals surface area contributed by atoms with Gasteiger partial charge >= 0.3 is 0 Å². The van der Waals surface area contributed by atoms with E-state index in [9.17, 15) is 14.9 Å². The molecule has 0 aromatic heterocycles. The number of carbonyl (C=O) groups is 1. The van der Waals surface area contributed by atoms with Gasteiger partial charge in [-0.25, -0.2) is 0 Å². The number of nitrogens with zero attached hydrogens (tertiary/aromatic N) is 3. The van der Waals surface area contributed by atoms with Crippen molar-refractivity contribution in [2.45, 2.75) is 26.2 Å². The quantitative estimate of drug-likeness (QED) is 0.188. The van der Waals surface area contributed by atoms with Crippen molar-refractivity contribution >= 4 is 23.2 Å². The minimum absolute atomic E-state index is 0.0644. The predicted octanol–water partition coefficient (Wildman–Crippen LogP) is 1.57. The van der Waals surface area contributed by atoms with Gasteiger partial charge in [0.15, 0.2) is 5.96 Å². The van der Waals surface area contributed by atoms with Gasteiger partial charge in [-0.2, -0.15) is 0 Å². The van der Waals surface area contributed by atoms with E-state index in [-0.39, 0.29) is 11.6 Å². The number of hydrogen-bond acceptors (Lipinski definition) is 5. The first-order valence-corrected chi connectivity index (χ1v) is 9.39. The third kappa shape index (κ3) is 6.76. The summed E-state index contributed by atoms with van der Waals surface area (Å²) in [5.41, 5.74) is 0.566. The first-order valence-electron chi connectivity index (χ1n) is 9.39. The second-order valence-corrected chi connectivity index (χ2v) is 6.23. The van der Waals surface area contributed by atoms with E-state index in [0.717, 1.165) is 32.5 Å². The van der Waals surface area contributed by atoms with Crippen LogP contribution in [0.4, 0.5) is 11.4 Å². The van der Waals surface area contributed by atoms with E-state index in [1.807, 2.05) is 11.8 Å². The largest absolute Gasteiger partial charge is 0.378 e. The molecule has 0 unspecified atom stereocenters. The minimum Gasteiger partial charge on any atom is -0.378 e. The van der Waals surface area contributed by atoms with Crippen molar-refractivity contribution in [2.24, 2.45) is 4.99 Å². The van der Waals surface area contributed by atoms with E-state index in [0.29, 0.717) is 37.7 Å². The molecule has 0 atom stereocenters. The lowest BCUT2D eigenvalue weighted by Gasteiger charge is -2.15. The Labute approximate surface area is 159 Å². The summed E-state index contributed by atoms with van der Waals surface area (Å²) in [5, 5.41) is 20.4. The maximum atomic E-state index is 11.6. The lowest BCUT2D eigenvalue weighted by molar-refractivity contribution is -0.384. The van der Waals surface area contributed by atoms with E-state index in [2.05, 4.69) is 20.9 Å². The van der Waals surface area contributed by atoms with Gasteiger partial charge < -0.3 is 20.9 Å². The van der Waals surface area contributed by atoms with Crippen molar-refractivity contribution in [2.75, 3.05) is 44.6 Å². The fourth-order valence-corrected chi connectivity index (χ4v) is 2.90. The number of nitrogens with one attached hydrogen (secondary N) is 3. The molecule has 1 amide bonds. The van der Waals surface area contributed by atoms with Crippen molar-refractivity contribution in [3.8, 4) is 0 Å². The zero-order chi connectivity index (χ0) is 19.5. The van der Waals surface area contributed by atoms with E-state index in [1.165, 1.54) is 6.07 Å². The number of benzene rings is 1. The Kier molecular flexibility index (Phi) is 8.34. The molecule has 9 nitrogen and oxygen atoms in total. The monoisotopic (exact) mass is 376 g/mol. The third-order valence-corrected chi connectivity index (χ3v) is 4.21. The van der Waals surface area contributed by atoms with Crippen molar-refractivity contribution in [3.63, 3.8) is 0 Å². The SMILES string of the molecule is CCNC(=NCCCN1CCCC1=O)NCCNc1ccccc1[N+](=O)[O-]. The number of guanidine groups is 1. The number of nitro benzene ring substituents is 1. The van der Waals surface area contributed by atoms with Crippen LogP contribution >= 0.6 is 0 Å². The molecule has 1 aliphatic heterocycles. The average Bonchev–Trinajstić information content (AvgIpc) is 3.07. The number of likely N-dealkylation sites (tertiary alicyclic amines) is 1. The molecule has 0 bridgehead atoms. The summed E-state index contributed by atoms with van der Waals surface area (Å²) in [5.74, 6) is 0.944. The molecule has 9 heteroatoms. The summed E-state index contributed by atoms with van der Waals surface area (Å²) in [6.07, 6.45) is 2.45. The van der Waals surface area contributed by atoms with Crippen LogP contribution in [0.15, 0.2) is 29.3 Å². The molecule has 2 rings (SSSR count). The molecule has 0 radical (unpaired) electrons. The van der Waals surface area contributed by atoms with Gasteiger partial charge in [-0.05, 0) is 25.8 Å². The first kappa shape index (κ1) is 20.5. The van der Waals surface area contributed by atoms with Crippen molar-refractivity contribution < 1.29 is 9.72 Å². The lowest BCUT2D eigenvalue weighted by atomic mass is 10.2. The minimum atomic E-state index is -0.396. The fraction of sp³-hybridized carbons (Fsp3) is 0.556. The molecule has 1 aliphatic rings. The number of nitro groups is 1. The molecule has 0 saturated carbocycles. The Morgan fingerprint density at radius 1 is 1.30 bits per heavy atom. The molecule has 0 aliphatic carbocycles. The number of para-hydroxylation sites is 2. The lowest BCUT2D eigenvalue weighted by Crippen LogP contribution is -2.39. The maximum Gasteiger partial charge on any atom is 0.292 e. The second kappa shape index (κ2) is 11.0. The van der Waals surface area contributed by atoms with Crippen LogP contribution in [-0.2, 0) is 4.79 Å². The average molecular weight is 376 g/mol. The van der Waals surface area contributed by atoms with Crippen molar-refractivity contribution in [1.29, 1.82) is 0 Å². The zero-order valence-corrected chi connectivity index (χ0v) is 15.7. The molecule has 1 fully saturated rings. The highest BCUT2D eigenvalue weighted by Crippen LogP contribution is 2.22. The fourth-order valence-electron chi connectivity index (χ4n) is 2.90. The highest BCUT2D eigenvalue weighted by Gasteiger charge is 2.18. The third-order valence-electron chi connectivity index (χ3n) is 4.21. The Balaban J connectivity index is 1.72. The van der Waals surface area contributed by atoms with Gasteiger partial charge in [0.1, 0.15) is 5.69 Å². The van der Waals surface area contributed by atoms with Gasteiger partial charge in [0.25, 0.3) is 5.69 Å².